The molecule has 0 saturated heterocycles. The molecule has 0 radical (unpaired) electrons. The van der Waals surface area contributed by atoms with Crippen LogP contribution in [0.1, 0.15) is 43.8 Å². The Morgan fingerprint density at radius 1 is 1.00 bits per heavy atom. The van der Waals surface area contributed by atoms with Crippen molar-refractivity contribution in [2.45, 2.75) is 50.0 Å². The summed E-state index contributed by atoms with van der Waals surface area (Å²) in [6, 6.07) is 12.8. The molecule has 1 N–H and O–H groups in total. The zero-order valence-corrected chi connectivity index (χ0v) is 13.6. The number of aryl methyl sites for hydroxylation is 1. The summed E-state index contributed by atoms with van der Waals surface area (Å²) in [5.41, 5.74) is 1.11. The van der Waals surface area contributed by atoms with Gasteiger partial charge in [0, 0.05) is 11.7 Å². The number of hydrogen-bond acceptors (Lipinski definition) is 2. The van der Waals surface area contributed by atoms with Gasteiger partial charge in [-0.3, -0.25) is 4.72 Å². The number of nitrogens with zero attached hydrogens (tertiary/aromatic N) is 1. The van der Waals surface area contributed by atoms with Gasteiger partial charge in [-0.05, 0) is 44.0 Å². The van der Waals surface area contributed by atoms with Gasteiger partial charge >= 0.3 is 0 Å². The first-order valence-corrected chi connectivity index (χ1v) is 9.32. The molecule has 0 bridgehead atoms. The third-order valence-corrected chi connectivity index (χ3v) is 5.72. The van der Waals surface area contributed by atoms with Crippen LogP contribution >= 0.6 is 0 Å². The Balaban J connectivity index is 1.90. The highest BCUT2D eigenvalue weighted by atomic mass is 32.2. The SMILES string of the molecule is Cc1ccc(NS(=O)(=O)c2ccccc2)n1C1CCCCC1. The summed E-state index contributed by atoms with van der Waals surface area (Å²) in [4.78, 5) is 0.295. The zero-order valence-electron chi connectivity index (χ0n) is 12.8. The average Bonchev–Trinajstić information content (AvgIpc) is 2.89. The summed E-state index contributed by atoms with van der Waals surface area (Å²) in [5.74, 6) is 0.674. The Morgan fingerprint density at radius 3 is 2.36 bits per heavy atom. The third-order valence-electron chi connectivity index (χ3n) is 4.35. The van der Waals surface area contributed by atoms with E-state index in [0.29, 0.717) is 16.8 Å². The van der Waals surface area contributed by atoms with Gasteiger partial charge in [-0.15, -0.1) is 0 Å². The van der Waals surface area contributed by atoms with Gasteiger partial charge in [0.15, 0.2) is 0 Å². The van der Waals surface area contributed by atoms with E-state index in [9.17, 15) is 8.42 Å². The van der Waals surface area contributed by atoms with E-state index >= 15 is 0 Å². The summed E-state index contributed by atoms with van der Waals surface area (Å²) >= 11 is 0. The molecule has 1 aliphatic rings. The van der Waals surface area contributed by atoms with Crippen molar-refractivity contribution in [3.63, 3.8) is 0 Å². The summed E-state index contributed by atoms with van der Waals surface area (Å²) in [6.07, 6.45) is 5.95. The topological polar surface area (TPSA) is 51.1 Å². The lowest BCUT2D eigenvalue weighted by molar-refractivity contribution is 0.353. The van der Waals surface area contributed by atoms with Crippen LogP contribution in [0.25, 0.3) is 0 Å². The molecule has 1 saturated carbocycles. The number of anilines is 1. The zero-order chi connectivity index (χ0) is 15.6. The van der Waals surface area contributed by atoms with E-state index in [4.69, 9.17) is 0 Å². The maximum atomic E-state index is 12.5. The fourth-order valence-electron chi connectivity index (χ4n) is 3.25. The van der Waals surface area contributed by atoms with Crippen molar-refractivity contribution in [3.8, 4) is 0 Å². The Hall–Kier alpha value is -1.75. The van der Waals surface area contributed by atoms with E-state index in [1.807, 2.05) is 25.1 Å². The fourth-order valence-corrected chi connectivity index (χ4v) is 4.33. The molecule has 0 amide bonds. The van der Waals surface area contributed by atoms with Crippen LogP contribution in [-0.4, -0.2) is 13.0 Å². The molecule has 3 rings (SSSR count). The van der Waals surface area contributed by atoms with E-state index < -0.39 is 10.0 Å². The molecule has 2 aromatic rings. The number of benzene rings is 1. The van der Waals surface area contributed by atoms with Crippen LogP contribution in [0, 0.1) is 6.92 Å². The van der Waals surface area contributed by atoms with Crippen LogP contribution in [0.2, 0.25) is 0 Å². The van der Waals surface area contributed by atoms with Crippen molar-refractivity contribution in [1.82, 2.24) is 4.57 Å². The van der Waals surface area contributed by atoms with E-state index in [0.717, 1.165) is 18.5 Å². The molecule has 0 atom stereocenters. The Bertz CT molecular complexity index is 729. The van der Waals surface area contributed by atoms with E-state index in [-0.39, 0.29) is 0 Å². The van der Waals surface area contributed by atoms with Crippen molar-refractivity contribution in [1.29, 1.82) is 0 Å². The smallest absolute Gasteiger partial charge is 0.262 e. The standard InChI is InChI=1S/C17H22N2O2S/c1-14-12-13-17(19(14)15-8-4-2-5-9-15)18-22(20,21)16-10-6-3-7-11-16/h3,6-7,10-13,15,18H,2,4-5,8-9H2,1H3. The Labute approximate surface area is 132 Å². The monoisotopic (exact) mass is 318 g/mol. The third kappa shape index (κ3) is 3.04. The molecule has 4 nitrogen and oxygen atoms in total. The summed E-state index contributed by atoms with van der Waals surface area (Å²) in [7, 11) is -3.53. The fraction of sp³-hybridized carbons (Fsp3) is 0.412. The van der Waals surface area contributed by atoms with Gasteiger partial charge < -0.3 is 4.57 Å². The number of hydrogen-bond donors (Lipinski definition) is 1. The molecule has 1 fully saturated rings. The molecule has 1 aromatic heterocycles. The second-order valence-electron chi connectivity index (χ2n) is 5.94. The number of sulfonamides is 1. The van der Waals surface area contributed by atoms with Crippen LogP contribution in [0.3, 0.4) is 0 Å². The molecular weight excluding hydrogens is 296 g/mol. The number of aromatic nitrogens is 1. The van der Waals surface area contributed by atoms with Crippen LogP contribution < -0.4 is 4.72 Å². The van der Waals surface area contributed by atoms with Gasteiger partial charge in [-0.2, -0.15) is 0 Å². The predicted octanol–water partition coefficient (Wildman–Crippen LogP) is 4.10. The summed E-state index contributed by atoms with van der Waals surface area (Å²) in [6.45, 7) is 2.04. The Kier molecular flexibility index (Phi) is 4.25. The van der Waals surface area contributed by atoms with Gasteiger partial charge in [-0.1, -0.05) is 37.5 Å². The Morgan fingerprint density at radius 2 is 1.68 bits per heavy atom. The molecule has 5 heteroatoms. The first-order valence-electron chi connectivity index (χ1n) is 7.83. The second-order valence-corrected chi connectivity index (χ2v) is 7.62. The lowest BCUT2D eigenvalue weighted by atomic mass is 9.95. The van der Waals surface area contributed by atoms with Gasteiger partial charge in [-0.25, -0.2) is 8.42 Å². The molecule has 0 unspecified atom stereocenters. The first kappa shape index (κ1) is 15.2. The molecule has 0 spiro atoms. The van der Waals surface area contributed by atoms with Gasteiger partial charge in [0.2, 0.25) is 0 Å². The lowest BCUT2D eigenvalue weighted by Crippen LogP contribution is -2.20. The first-order chi connectivity index (χ1) is 10.6. The van der Waals surface area contributed by atoms with Crippen molar-refractivity contribution < 1.29 is 8.42 Å². The largest absolute Gasteiger partial charge is 0.328 e. The normalized spacial score (nSPS) is 16.6. The van der Waals surface area contributed by atoms with Crippen molar-refractivity contribution in [3.05, 3.63) is 48.2 Å². The average molecular weight is 318 g/mol. The second kappa shape index (κ2) is 6.16. The van der Waals surface area contributed by atoms with E-state index in [1.54, 1.807) is 24.3 Å². The predicted molar refractivity (Wildman–Crippen MR) is 88.5 cm³/mol. The lowest BCUT2D eigenvalue weighted by Gasteiger charge is -2.27. The minimum absolute atomic E-state index is 0.295. The minimum Gasteiger partial charge on any atom is -0.328 e. The minimum atomic E-state index is -3.53. The summed E-state index contributed by atoms with van der Waals surface area (Å²) in [5, 5.41) is 0. The van der Waals surface area contributed by atoms with Crippen molar-refractivity contribution >= 4 is 15.8 Å². The van der Waals surface area contributed by atoms with Crippen LogP contribution in [0.5, 0.6) is 0 Å². The molecular formula is C17H22N2O2S. The maximum Gasteiger partial charge on any atom is 0.262 e. The molecule has 1 heterocycles. The van der Waals surface area contributed by atoms with Crippen molar-refractivity contribution in [2.24, 2.45) is 0 Å². The maximum absolute atomic E-state index is 12.5. The van der Waals surface area contributed by atoms with Crippen LogP contribution in [0.4, 0.5) is 5.82 Å². The van der Waals surface area contributed by atoms with Gasteiger partial charge in [0.05, 0.1) is 4.90 Å². The summed E-state index contributed by atoms with van der Waals surface area (Å²) < 4.78 is 30.0. The van der Waals surface area contributed by atoms with Crippen molar-refractivity contribution in [2.75, 3.05) is 4.72 Å². The molecule has 118 valence electrons. The molecule has 0 aliphatic heterocycles. The van der Waals surface area contributed by atoms with Crippen LogP contribution in [-0.2, 0) is 10.0 Å². The van der Waals surface area contributed by atoms with E-state index in [2.05, 4.69) is 9.29 Å². The molecule has 1 aromatic carbocycles. The van der Waals surface area contributed by atoms with Crippen LogP contribution in [0.15, 0.2) is 47.4 Å². The van der Waals surface area contributed by atoms with Gasteiger partial charge in [0.25, 0.3) is 10.0 Å². The number of rotatable bonds is 4. The highest BCUT2D eigenvalue weighted by Crippen LogP contribution is 2.33. The van der Waals surface area contributed by atoms with E-state index in [1.165, 1.54) is 19.3 Å². The van der Waals surface area contributed by atoms with Gasteiger partial charge in [0.1, 0.15) is 5.82 Å². The highest BCUT2D eigenvalue weighted by molar-refractivity contribution is 7.92. The molecule has 1 aliphatic carbocycles. The highest BCUT2D eigenvalue weighted by Gasteiger charge is 2.22. The molecule has 22 heavy (non-hydrogen) atoms. The quantitative estimate of drug-likeness (QED) is 0.922. The number of nitrogens with one attached hydrogen (secondary N) is 1.